The molecule has 5 nitrogen and oxygen atoms in total. The van der Waals surface area contributed by atoms with Crippen LogP contribution in [-0.2, 0) is 0 Å². The smallest absolute Gasteiger partial charge is 0.191 e. The molecule has 0 amide bonds. The highest BCUT2D eigenvalue weighted by Gasteiger charge is 2.03. The summed E-state index contributed by atoms with van der Waals surface area (Å²) in [4.78, 5) is 4.35. The monoisotopic (exact) mass is 356 g/mol. The number of aromatic hydroxyl groups is 1. The Bertz CT molecular complexity index is 924. The molecule has 3 N–H and O–H groups in total. The topological polar surface area (TPSA) is 69.5 Å². The molecule has 0 aliphatic heterocycles. The lowest BCUT2D eigenvalue weighted by molar-refractivity contribution is 0.474. The van der Waals surface area contributed by atoms with E-state index in [9.17, 15) is 5.11 Å². The largest absolute Gasteiger partial charge is 0.507 e. The van der Waals surface area contributed by atoms with Crippen molar-refractivity contribution < 1.29 is 5.11 Å². The number of rotatable bonds is 3. The number of aromatic nitrogens is 1. The molecular formula is C17H13ClN4OS. The van der Waals surface area contributed by atoms with Gasteiger partial charge in [0, 0.05) is 22.2 Å². The molecule has 120 valence electrons. The summed E-state index contributed by atoms with van der Waals surface area (Å²) in [5, 5.41) is 18.6. The summed E-state index contributed by atoms with van der Waals surface area (Å²) < 4.78 is 0. The zero-order valence-electron chi connectivity index (χ0n) is 12.4. The zero-order chi connectivity index (χ0) is 16.9. The van der Waals surface area contributed by atoms with Gasteiger partial charge in [0.05, 0.1) is 17.4 Å². The van der Waals surface area contributed by atoms with Gasteiger partial charge in [-0.1, -0.05) is 29.8 Å². The van der Waals surface area contributed by atoms with E-state index < -0.39 is 0 Å². The van der Waals surface area contributed by atoms with E-state index >= 15 is 0 Å². The maximum Gasteiger partial charge on any atom is 0.191 e. The van der Waals surface area contributed by atoms with E-state index in [2.05, 4.69) is 20.8 Å². The zero-order valence-corrected chi connectivity index (χ0v) is 14.0. The van der Waals surface area contributed by atoms with Gasteiger partial charge in [0.15, 0.2) is 5.11 Å². The van der Waals surface area contributed by atoms with Crippen molar-refractivity contribution in [3.05, 3.63) is 65.3 Å². The molecule has 0 aliphatic carbocycles. The van der Waals surface area contributed by atoms with Gasteiger partial charge in [0.25, 0.3) is 0 Å². The van der Waals surface area contributed by atoms with Crippen LogP contribution in [0.3, 0.4) is 0 Å². The minimum atomic E-state index is 0.0853. The first-order valence-corrected chi connectivity index (χ1v) is 7.84. The third-order valence-electron chi connectivity index (χ3n) is 3.24. The second kappa shape index (κ2) is 7.25. The third kappa shape index (κ3) is 3.79. The maximum atomic E-state index is 9.72. The number of phenols is 1. The maximum absolute atomic E-state index is 9.72. The fraction of sp³-hybridized carbons (Fsp3) is 0. The van der Waals surface area contributed by atoms with Gasteiger partial charge in [0.1, 0.15) is 5.75 Å². The molecule has 0 unspecified atom stereocenters. The first-order chi connectivity index (χ1) is 11.6. The predicted octanol–water partition coefficient (Wildman–Crippen LogP) is 3.91. The molecule has 0 radical (unpaired) electrons. The van der Waals surface area contributed by atoms with Crippen LogP contribution >= 0.6 is 23.8 Å². The molecule has 2 aromatic carbocycles. The van der Waals surface area contributed by atoms with Gasteiger partial charge in [-0.25, -0.2) is 0 Å². The van der Waals surface area contributed by atoms with Crippen molar-refractivity contribution in [1.29, 1.82) is 0 Å². The normalized spacial score (nSPS) is 10.9. The quantitative estimate of drug-likeness (QED) is 0.377. The molecule has 0 spiro atoms. The molecule has 0 atom stereocenters. The van der Waals surface area contributed by atoms with Crippen molar-refractivity contribution in [2.45, 2.75) is 0 Å². The van der Waals surface area contributed by atoms with E-state index in [1.807, 2.05) is 30.3 Å². The average Bonchev–Trinajstić information content (AvgIpc) is 2.58. The highest BCUT2D eigenvalue weighted by molar-refractivity contribution is 7.80. The van der Waals surface area contributed by atoms with Crippen LogP contribution in [0.2, 0.25) is 5.02 Å². The first-order valence-electron chi connectivity index (χ1n) is 7.06. The lowest BCUT2D eigenvalue weighted by atomic mass is 10.2. The third-order valence-corrected chi connectivity index (χ3v) is 3.67. The van der Waals surface area contributed by atoms with Crippen LogP contribution in [0.5, 0.6) is 5.75 Å². The molecule has 0 aliphatic rings. The number of halogens is 1. The first kappa shape index (κ1) is 16.2. The van der Waals surface area contributed by atoms with Crippen molar-refractivity contribution in [1.82, 2.24) is 10.4 Å². The Hall–Kier alpha value is -2.70. The Morgan fingerprint density at radius 2 is 2.04 bits per heavy atom. The Morgan fingerprint density at radius 1 is 1.21 bits per heavy atom. The number of para-hydroxylation sites is 1. The summed E-state index contributed by atoms with van der Waals surface area (Å²) in [5.41, 5.74) is 4.79. The van der Waals surface area contributed by atoms with Crippen molar-refractivity contribution in [2.24, 2.45) is 5.10 Å². The van der Waals surface area contributed by atoms with E-state index in [1.165, 1.54) is 12.3 Å². The van der Waals surface area contributed by atoms with Crippen molar-refractivity contribution in [3.8, 4) is 5.75 Å². The summed E-state index contributed by atoms with van der Waals surface area (Å²) in [6.07, 6.45) is 3.17. The minimum Gasteiger partial charge on any atom is -0.507 e. The van der Waals surface area contributed by atoms with Gasteiger partial charge in [0.2, 0.25) is 0 Å². The number of anilines is 1. The summed E-state index contributed by atoms with van der Waals surface area (Å²) in [7, 11) is 0. The lowest BCUT2D eigenvalue weighted by Crippen LogP contribution is -2.24. The number of hydrogen-bond acceptors (Lipinski definition) is 4. The molecule has 3 aromatic rings. The number of pyridine rings is 1. The number of hydrogen-bond donors (Lipinski definition) is 3. The van der Waals surface area contributed by atoms with Gasteiger partial charge in [-0.2, -0.15) is 5.10 Å². The summed E-state index contributed by atoms with van der Waals surface area (Å²) in [6, 6.07) is 14.3. The number of fused-ring (bicyclic) bond motifs is 1. The predicted molar refractivity (Wildman–Crippen MR) is 102 cm³/mol. The molecule has 0 bridgehead atoms. The average molecular weight is 357 g/mol. The van der Waals surface area contributed by atoms with Crippen LogP contribution in [0.15, 0.2) is 59.8 Å². The SMILES string of the molecule is Oc1ccc(Cl)cc1/C=N/NC(=S)Nc1cccc2cccnc12. The van der Waals surface area contributed by atoms with Gasteiger partial charge < -0.3 is 10.4 Å². The van der Waals surface area contributed by atoms with Crippen LogP contribution < -0.4 is 10.7 Å². The van der Waals surface area contributed by atoms with Crippen LogP contribution in [0, 0.1) is 0 Å². The van der Waals surface area contributed by atoms with E-state index in [0.717, 1.165) is 16.6 Å². The summed E-state index contributed by atoms with van der Waals surface area (Å²) in [5.74, 6) is 0.0853. The molecule has 7 heteroatoms. The van der Waals surface area contributed by atoms with Crippen LogP contribution in [0.1, 0.15) is 5.56 Å². The number of nitrogens with one attached hydrogen (secondary N) is 2. The Labute approximate surface area is 149 Å². The number of hydrazone groups is 1. The molecule has 3 rings (SSSR count). The highest BCUT2D eigenvalue weighted by Crippen LogP contribution is 2.21. The van der Waals surface area contributed by atoms with Crippen molar-refractivity contribution >= 4 is 51.7 Å². The molecule has 0 saturated carbocycles. The number of benzene rings is 2. The second-order valence-electron chi connectivity index (χ2n) is 4.91. The minimum absolute atomic E-state index is 0.0853. The number of phenolic OH excluding ortho intramolecular Hbond substituents is 1. The number of nitrogens with zero attached hydrogens (tertiary/aromatic N) is 2. The fourth-order valence-electron chi connectivity index (χ4n) is 2.14. The van der Waals surface area contributed by atoms with Crippen LogP contribution in [0.4, 0.5) is 5.69 Å². The standard InChI is InChI=1S/C17H13ClN4OS/c18-13-6-7-15(23)12(9-13)10-20-22-17(24)21-14-5-1-3-11-4-2-8-19-16(11)14/h1-10,23H,(H2,21,22,24)/b20-10+. The van der Waals surface area contributed by atoms with Gasteiger partial charge in [-0.05, 0) is 42.5 Å². The molecular weight excluding hydrogens is 344 g/mol. The van der Waals surface area contributed by atoms with E-state index in [4.69, 9.17) is 23.8 Å². The van der Waals surface area contributed by atoms with E-state index in [0.29, 0.717) is 15.7 Å². The lowest BCUT2D eigenvalue weighted by Gasteiger charge is -2.09. The van der Waals surface area contributed by atoms with Gasteiger partial charge in [-0.3, -0.25) is 10.4 Å². The molecule has 1 aromatic heterocycles. The van der Waals surface area contributed by atoms with E-state index in [-0.39, 0.29) is 5.75 Å². The fourth-order valence-corrected chi connectivity index (χ4v) is 2.49. The van der Waals surface area contributed by atoms with Gasteiger partial charge in [-0.15, -0.1) is 0 Å². The molecule has 0 saturated heterocycles. The summed E-state index contributed by atoms with van der Waals surface area (Å²) in [6.45, 7) is 0. The van der Waals surface area contributed by atoms with Crippen LogP contribution in [-0.4, -0.2) is 21.4 Å². The van der Waals surface area contributed by atoms with Crippen molar-refractivity contribution in [2.75, 3.05) is 5.32 Å². The Balaban J connectivity index is 1.69. The molecule has 1 heterocycles. The molecule has 24 heavy (non-hydrogen) atoms. The Morgan fingerprint density at radius 3 is 2.92 bits per heavy atom. The summed E-state index contributed by atoms with van der Waals surface area (Å²) >= 11 is 11.1. The van der Waals surface area contributed by atoms with Crippen LogP contribution in [0.25, 0.3) is 10.9 Å². The highest BCUT2D eigenvalue weighted by atomic mass is 35.5. The van der Waals surface area contributed by atoms with Crippen molar-refractivity contribution in [3.63, 3.8) is 0 Å². The van der Waals surface area contributed by atoms with E-state index in [1.54, 1.807) is 18.3 Å². The van der Waals surface area contributed by atoms with Gasteiger partial charge >= 0.3 is 0 Å². The molecule has 0 fully saturated rings. The number of thiocarbonyl (C=S) groups is 1. The Kier molecular flexibility index (Phi) is 4.88. The second-order valence-corrected chi connectivity index (χ2v) is 5.75.